The molecular formula is C23H28NO2. The second-order valence-corrected chi connectivity index (χ2v) is 8.26. The van der Waals surface area contributed by atoms with E-state index >= 15 is 0 Å². The smallest absolute Gasteiger partial charge is 0.358 e. The molecule has 26 heavy (non-hydrogen) atoms. The van der Waals surface area contributed by atoms with Crippen LogP contribution in [0, 0.1) is 0 Å². The molecule has 0 N–H and O–H groups in total. The van der Waals surface area contributed by atoms with Gasteiger partial charge in [-0.05, 0) is 58.1 Å². The maximum atomic E-state index is 13.3. The van der Waals surface area contributed by atoms with E-state index < -0.39 is 0 Å². The van der Waals surface area contributed by atoms with Gasteiger partial charge < -0.3 is 4.84 Å². The molecule has 0 aliphatic carbocycles. The summed E-state index contributed by atoms with van der Waals surface area (Å²) in [6.07, 6.45) is 3.16. The number of benzene rings is 2. The third kappa shape index (κ3) is 3.78. The molecule has 0 aromatic heterocycles. The lowest BCUT2D eigenvalue weighted by molar-refractivity contribution is -0.280. The first kappa shape index (κ1) is 18.5. The van der Waals surface area contributed by atoms with Crippen LogP contribution in [-0.4, -0.2) is 16.1 Å². The average Bonchev–Trinajstić information content (AvgIpc) is 2.60. The van der Waals surface area contributed by atoms with Gasteiger partial charge in [0.05, 0.1) is 16.7 Å². The van der Waals surface area contributed by atoms with E-state index in [1.165, 1.54) is 0 Å². The highest BCUT2D eigenvalue weighted by Gasteiger charge is 2.44. The Kier molecular flexibility index (Phi) is 5.10. The molecule has 0 unspecified atom stereocenters. The molecule has 0 amide bonds. The number of hydrogen-bond acceptors (Lipinski definition) is 2. The van der Waals surface area contributed by atoms with Crippen LogP contribution in [0.3, 0.4) is 0 Å². The maximum Gasteiger partial charge on any atom is 0.358 e. The number of hydroxylamine groups is 2. The first-order chi connectivity index (χ1) is 12.3. The maximum absolute atomic E-state index is 13.3. The van der Waals surface area contributed by atoms with E-state index in [1.807, 2.05) is 65.7 Å². The van der Waals surface area contributed by atoms with Gasteiger partial charge in [-0.1, -0.05) is 60.7 Å². The van der Waals surface area contributed by atoms with E-state index in [1.54, 1.807) is 0 Å². The minimum atomic E-state index is -0.301. The van der Waals surface area contributed by atoms with Crippen molar-refractivity contribution in [2.45, 2.75) is 58.0 Å². The SMILES string of the molecule is CC1(C)CCCC(C)(C)N1OC([O])=C(c1ccccc1)c1ccccc1. The van der Waals surface area contributed by atoms with Crippen LogP contribution in [0.2, 0.25) is 0 Å². The Morgan fingerprint density at radius 2 is 1.23 bits per heavy atom. The minimum Gasteiger partial charge on any atom is -0.363 e. The van der Waals surface area contributed by atoms with Crippen molar-refractivity contribution in [3.8, 4) is 0 Å². The predicted molar refractivity (Wildman–Crippen MR) is 105 cm³/mol. The fourth-order valence-corrected chi connectivity index (χ4v) is 3.96. The number of rotatable bonds is 4. The largest absolute Gasteiger partial charge is 0.363 e. The van der Waals surface area contributed by atoms with Gasteiger partial charge in [-0.25, -0.2) is 5.11 Å². The van der Waals surface area contributed by atoms with Crippen molar-refractivity contribution in [3.05, 3.63) is 77.7 Å². The summed E-state index contributed by atoms with van der Waals surface area (Å²) in [5, 5.41) is 15.2. The Hall–Kier alpha value is -2.26. The van der Waals surface area contributed by atoms with Crippen LogP contribution < -0.4 is 0 Å². The summed E-state index contributed by atoms with van der Waals surface area (Å²) in [5.74, 6) is -0.301. The Balaban J connectivity index is 2.05. The summed E-state index contributed by atoms with van der Waals surface area (Å²) in [4.78, 5) is 6.05. The lowest BCUT2D eigenvalue weighted by Gasteiger charge is -2.50. The van der Waals surface area contributed by atoms with Gasteiger partial charge in [0.15, 0.2) is 0 Å². The quantitative estimate of drug-likeness (QED) is 0.652. The molecule has 2 aromatic carbocycles. The van der Waals surface area contributed by atoms with Crippen LogP contribution >= 0.6 is 0 Å². The first-order valence-electron chi connectivity index (χ1n) is 9.32. The zero-order valence-corrected chi connectivity index (χ0v) is 16.2. The van der Waals surface area contributed by atoms with Gasteiger partial charge in [-0.3, -0.25) is 0 Å². The van der Waals surface area contributed by atoms with Gasteiger partial charge in [-0.2, -0.15) is 0 Å². The van der Waals surface area contributed by atoms with E-state index in [9.17, 15) is 5.11 Å². The van der Waals surface area contributed by atoms with Crippen LogP contribution in [0.25, 0.3) is 5.57 Å². The Morgan fingerprint density at radius 1 is 0.808 bits per heavy atom. The number of piperidine rings is 1. The molecule has 1 saturated heterocycles. The fraction of sp³-hybridized carbons (Fsp3) is 0.391. The Labute approximate surface area is 156 Å². The van der Waals surface area contributed by atoms with Crippen LogP contribution in [0.4, 0.5) is 0 Å². The summed E-state index contributed by atoms with van der Waals surface area (Å²) in [6.45, 7) is 8.58. The molecule has 1 aliphatic rings. The molecule has 0 spiro atoms. The van der Waals surface area contributed by atoms with E-state index in [2.05, 4.69) is 27.7 Å². The lowest BCUT2D eigenvalue weighted by atomic mass is 9.82. The monoisotopic (exact) mass is 350 g/mol. The normalized spacial score (nSPS) is 18.9. The third-order valence-electron chi connectivity index (χ3n) is 5.18. The molecule has 3 heteroatoms. The highest BCUT2D eigenvalue weighted by molar-refractivity contribution is 5.80. The summed E-state index contributed by atoms with van der Waals surface area (Å²) in [5.41, 5.74) is 1.97. The highest BCUT2D eigenvalue weighted by atomic mass is 16.7. The molecule has 1 fully saturated rings. The average molecular weight is 350 g/mol. The zero-order valence-electron chi connectivity index (χ0n) is 16.2. The topological polar surface area (TPSA) is 32.4 Å². The summed E-state index contributed by atoms with van der Waals surface area (Å²) in [7, 11) is 0. The van der Waals surface area contributed by atoms with Crippen LogP contribution in [0.15, 0.2) is 66.6 Å². The molecule has 1 radical (unpaired) electrons. The molecule has 3 rings (SSSR count). The predicted octanol–water partition coefficient (Wildman–Crippen LogP) is 5.81. The highest BCUT2D eigenvalue weighted by Crippen LogP contribution is 2.40. The van der Waals surface area contributed by atoms with E-state index in [-0.39, 0.29) is 17.0 Å². The van der Waals surface area contributed by atoms with Gasteiger partial charge in [0.2, 0.25) is 0 Å². The minimum absolute atomic E-state index is 0.185. The molecule has 1 heterocycles. The molecule has 0 atom stereocenters. The van der Waals surface area contributed by atoms with Crippen molar-refractivity contribution >= 4 is 5.57 Å². The summed E-state index contributed by atoms with van der Waals surface area (Å²) in [6, 6.07) is 19.5. The molecule has 1 aliphatic heterocycles. The molecule has 137 valence electrons. The zero-order chi connectivity index (χ0) is 18.8. The molecule has 0 saturated carbocycles. The fourth-order valence-electron chi connectivity index (χ4n) is 3.96. The molecule has 2 aromatic rings. The lowest BCUT2D eigenvalue weighted by Crippen LogP contribution is -2.58. The number of hydrogen-bond donors (Lipinski definition) is 0. The van der Waals surface area contributed by atoms with Gasteiger partial charge in [0.25, 0.3) is 0 Å². The second-order valence-electron chi connectivity index (χ2n) is 8.26. The molecule has 0 bridgehead atoms. The third-order valence-corrected chi connectivity index (χ3v) is 5.18. The van der Waals surface area contributed by atoms with Crippen molar-refractivity contribution < 1.29 is 9.94 Å². The van der Waals surface area contributed by atoms with Crippen molar-refractivity contribution in [1.82, 2.24) is 5.06 Å². The van der Waals surface area contributed by atoms with E-state index in [4.69, 9.17) is 4.84 Å². The van der Waals surface area contributed by atoms with Gasteiger partial charge in [-0.15, -0.1) is 5.06 Å². The van der Waals surface area contributed by atoms with Gasteiger partial charge in [0.1, 0.15) is 0 Å². The van der Waals surface area contributed by atoms with Crippen LogP contribution in [0.5, 0.6) is 0 Å². The Bertz CT molecular complexity index is 706. The van der Waals surface area contributed by atoms with Crippen molar-refractivity contribution in [3.63, 3.8) is 0 Å². The standard InChI is InChI=1S/C23H28NO2/c1-22(2)16-11-17-23(3,4)24(22)26-21(25)20(18-12-7-5-8-13-18)19-14-9-6-10-15-19/h5-10,12-15H,11,16-17H2,1-4H3. The van der Waals surface area contributed by atoms with Gasteiger partial charge in [0, 0.05) is 0 Å². The number of nitrogens with zero attached hydrogens (tertiary/aromatic N) is 1. The summed E-state index contributed by atoms with van der Waals surface area (Å²) < 4.78 is 0. The Morgan fingerprint density at radius 3 is 1.65 bits per heavy atom. The molecular weight excluding hydrogens is 322 g/mol. The van der Waals surface area contributed by atoms with E-state index in [0.29, 0.717) is 5.57 Å². The van der Waals surface area contributed by atoms with Crippen LogP contribution in [-0.2, 0) is 9.94 Å². The second kappa shape index (κ2) is 7.16. The van der Waals surface area contributed by atoms with E-state index in [0.717, 1.165) is 30.4 Å². The summed E-state index contributed by atoms with van der Waals surface area (Å²) >= 11 is 0. The first-order valence-corrected chi connectivity index (χ1v) is 9.32. The van der Waals surface area contributed by atoms with Crippen LogP contribution in [0.1, 0.15) is 58.1 Å². The van der Waals surface area contributed by atoms with Crippen molar-refractivity contribution in [2.75, 3.05) is 0 Å². The van der Waals surface area contributed by atoms with Crippen molar-refractivity contribution in [1.29, 1.82) is 0 Å². The van der Waals surface area contributed by atoms with Crippen molar-refractivity contribution in [2.24, 2.45) is 0 Å². The molecule has 3 nitrogen and oxygen atoms in total. The van der Waals surface area contributed by atoms with Gasteiger partial charge >= 0.3 is 5.95 Å².